The van der Waals surface area contributed by atoms with E-state index in [1.807, 2.05) is 13.8 Å². The van der Waals surface area contributed by atoms with Gasteiger partial charge < -0.3 is 0 Å². The van der Waals surface area contributed by atoms with Crippen LogP contribution in [0.5, 0.6) is 0 Å². The number of fused-ring (bicyclic) bond motifs is 1. The molecule has 0 saturated heterocycles. The number of nitrogens with one attached hydrogen (secondary N) is 1. The summed E-state index contributed by atoms with van der Waals surface area (Å²) in [6.45, 7) is 3.75. The van der Waals surface area contributed by atoms with Crippen LogP contribution in [0.25, 0.3) is 10.9 Å². The number of aromatic nitrogens is 3. The molecule has 1 aliphatic rings. The van der Waals surface area contributed by atoms with Gasteiger partial charge in [-0.05, 0) is 56.5 Å². The summed E-state index contributed by atoms with van der Waals surface area (Å²) in [4.78, 5) is 30.0. The molecule has 8 nitrogen and oxygen atoms in total. The molecule has 1 aromatic carbocycles. The number of aryl methyl sites for hydroxylation is 2. The second-order valence-electron chi connectivity index (χ2n) is 7.89. The fourth-order valence-electron chi connectivity index (χ4n) is 3.25. The van der Waals surface area contributed by atoms with Crippen molar-refractivity contribution in [1.29, 1.82) is 0 Å². The summed E-state index contributed by atoms with van der Waals surface area (Å²) >= 11 is 0. The quantitative estimate of drug-likeness (QED) is 0.678. The first kappa shape index (κ1) is 19.5. The highest BCUT2D eigenvalue weighted by Gasteiger charge is 2.41. The van der Waals surface area contributed by atoms with Crippen LogP contribution in [-0.2, 0) is 23.6 Å². The number of benzene rings is 1. The minimum Gasteiger partial charge on any atom is -0.296 e. The van der Waals surface area contributed by atoms with Gasteiger partial charge in [-0.2, -0.15) is 0 Å². The standard InChI is InChI=1S/C20H22N4O4S/c1-13-4-5-14(11-21-13)12-24-18(25)16-10-15(6-7-17(16)23(3)19(24)26)29(27,28)22-20(2)8-9-20/h4-7,10-11,22H,8-9,12H2,1-3H3. The van der Waals surface area contributed by atoms with E-state index in [4.69, 9.17) is 0 Å². The lowest BCUT2D eigenvalue weighted by molar-refractivity contribution is 0.558. The third-order valence-corrected chi connectivity index (χ3v) is 6.96. The predicted octanol–water partition coefficient (Wildman–Crippen LogP) is 1.28. The summed E-state index contributed by atoms with van der Waals surface area (Å²) in [5.41, 5.74) is 0.506. The zero-order valence-corrected chi connectivity index (χ0v) is 17.3. The Balaban J connectivity index is 1.84. The first-order valence-corrected chi connectivity index (χ1v) is 10.8. The third kappa shape index (κ3) is 3.63. The first-order valence-electron chi connectivity index (χ1n) is 9.29. The van der Waals surface area contributed by atoms with Gasteiger partial charge in [0, 0.05) is 24.5 Å². The van der Waals surface area contributed by atoms with Gasteiger partial charge in [0.2, 0.25) is 10.0 Å². The van der Waals surface area contributed by atoms with E-state index in [0.29, 0.717) is 11.1 Å². The molecule has 1 aliphatic carbocycles. The lowest BCUT2D eigenvalue weighted by Crippen LogP contribution is -2.39. The summed E-state index contributed by atoms with van der Waals surface area (Å²) in [5.74, 6) is 0. The van der Waals surface area contributed by atoms with Crippen LogP contribution < -0.4 is 16.0 Å². The van der Waals surface area contributed by atoms with Crippen LogP contribution in [0.4, 0.5) is 0 Å². The highest BCUT2D eigenvalue weighted by molar-refractivity contribution is 7.89. The van der Waals surface area contributed by atoms with Gasteiger partial charge >= 0.3 is 5.69 Å². The van der Waals surface area contributed by atoms with Gasteiger partial charge in [0.25, 0.3) is 5.56 Å². The predicted molar refractivity (Wildman–Crippen MR) is 109 cm³/mol. The van der Waals surface area contributed by atoms with Crippen molar-refractivity contribution in [3.63, 3.8) is 0 Å². The summed E-state index contributed by atoms with van der Waals surface area (Å²) in [5, 5.41) is 0.177. The molecule has 0 atom stereocenters. The van der Waals surface area contributed by atoms with Crippen molar-refractivity contribution in [2.75, 3.05) is 0 Å². The maximum atomic E-state index is 13.1. The van der Waals surface area contributed by atoms with Gasteiger partial charge in [-0.1, -0.05) is 6.07 Å². The zero-order valence-electron chi connectivity index (χ0n) is 16.5. The summed E-state index contributed by atoms with van der Waals surface area (Å²) in [7, 11) is -2.20. The molecular formula is C20H22N4O4S. The van der Waals surface area contributed by atoms with E-state index >= 15 is 0 Å². The SMILES string of the molecule is Cc1ccc(Cn2c(=O)c3cc(S(=O)(=O)NC4(C)CC4)ccc3n(C)c2=O)cn1. The third-order valence-electron chi connectivity index (χ3n) is 5.33. The Morgan fingerprint density at radius 2 is 1.90 bits per heavy atom. The minimum absolute atomic E-state index is 0.0115. The largest absolute Gasteiger partial charge is 0.331 e. The van der Waals surface area contributed by atoms with E-state index in [2.05, 4.69) is 9.71 Å². The Morgan fingerprint density at radius 3 is 2.52 bits per heavy atom. The number of nitrogens with zero attached hydrogens (tertiary/aromatic N) is 3. The summed E-state index contributed by atoms with van der Waals surface area (Å²) in [6, 6.07) is 7.87. The molecule has 4 rings (SSSR count). The van der Waals surface area contributed by atoms with E-state index in [1.165, 1.54) is 22.8 Å². The van der Waals surface area contributed by atoms with E-state index in [0.717, 1.165) is 23.1 Å². The van der Waals surface area contributed by atoms with Crippen LogP contribution in [0, 0.1) is 6.92 Å². The van der Waals surface area contributed by atoms with Crippen molar-refractivity contribution in [1.82, 2.24) is 18.8 Å². The van der Waals surface area contributed by atoms with E-state index in [9.17, 15) is 18.0 Å². The van der Waals surface area contributed by atoms with Gasteiger partial charge in [-0.15, -0.1) is 0 Å². The van der Waals surface area contributed by atoms with Crippen LogP contribution in [0.2, 0.25) is 0 Å². The molecule has 29 heavy (non-hydrogen) atoms. The van der Waals surface area contributed by atoms with Crippen molar-refractivity contribution >= 4 is 20.9 Å². The molecule has 2 heterocycles. The average molecular weight is 414 g/mol. The summed E-state index contributed by atoms with van der Waals surface area (Å²) in [6.07, 6.45) is 3.18. The van der Waals surface area contributed by atoms with Crippen LogP contribution >= 0.6 is 0 Å². The molecule has 0 unspecified atom stereocenters. The molecule has 0 aliphatic heterocycles. The Labute approximate surface area is 167 Å². The lowest BCUT2D eigenvalue weighted by Gasteiger charge is -2.14. The highest BCUT2D eigenvalue weighted by atomic mass is 32.2. The molecule has 0 radical (unpaired) electrons. The number of rotatable bonds is 5. The average Bonchev–Trinajstić information content (AvgIpc) is 3.40. The fourth-order valence-corrected chi connectivity index (χ4v) is 4.74. The Hall–Kier alpha value is -2.78. The van der Waals surface area contributed by atoms with Gasteiger partial charge in [0.1, 0.15) is 0 Å². The second-order valence-corrected chi connectivity index (χ2v) is 9.57. The molecule has 0 spiro atoms. The number of pyridine rings is 1. The molecule has 152 valence electrons. The topological polar surface area (TPSA) is 103 Å². The molecule has 0 amide bonds. The Bertz CT molecular complexity index is 1330. The molecule has 3 aromatic rings. The van der Waals surface area contributed by atoms with Gasteiger partial charge in [0.15, 0.2) is 0 Å². The van der Waals surface area contributed by atoms with Gasteiger partial charge in [0.05, 0.1) is 22.3 Å². The molecule has 2 aromatic heterocycles. The van der Waals surface area contributed by atoms with Crippen LogP contribution in [0.15, 0.2) is 51.0 Å². The highest BCUT2D eigenvalue weighted by Crippen LogP contribution is 2.36. The Morgan fingerprint density at radius 1 is 1.17 bits per heavy atom. The van der Waals surface area contributed by atoms with Crippen LogP contribution in [0.1, 0.15) is 31.0 Å². The summed E-state index contributed by atoms with van der Waals surface area (Å²) < 4.78 is 30.5. The Kier molecular flexibility index (Phi) is 4.47. The van der Waals surface area contributed by atoms with Crippen molar-refractivity contribution in [3.05, 3.63) is 68.6 Å². The van der Waals surface area contributed by atoms with E-state index in [-0.39, 0.29) is 16.8 Å². The lowest BCUT2D eigenvalue weighted by atomic mass is 10.2. The second kappa shape index (κ2) is 6.64. The normalized spacial score (nSPS) is 15.6. The van der Waals surface area contributed by atoms with Crippen molar-refractivity contribution < 1.29 is 8.42 Å². The molecule has 9 heteroatoms. The van der Waals surface area contributed by atoms with Crippen LogP contribution in [-0.4, -0.2) is 28.1 Å². The molecular weight excluding hydrogens is 392 g/mol. The maximum absolute atomic E-state index is 13.1. The molecule has 1 N–H and O–H groups in total. The maximum Gasteiger partial charge on any atom is 0.331 e. The van der Waals surface area contributed by atoms with Gasteiger partial charge in [-0.3, -0.25) is 18.9 Å². The van der Waals surface area contributed by atoms with Crippen molar-refractivity contribution in [3.8, 4) is 0 Å². The zero-order chi connectivity index (χ0) is 21.0. The van der Waals surface area contributed by atoms with E-state index in [1.54, 1.807) is 25.4 Å². The number of hydrogen-bond acceptors (Lipinski definition) is 5. The fraction of sp³-hybridized carbons (Fsp3) is 0.350. The van der Waals surface area contributed by atoms with E-state index < -0.39 is 26.8 Å². The molecule has 1 fully saturated rings. The minimum atomic E-state index is -3.76. The molecule has 1 saturated carbocycles. The first-order chi connectivity index (χ1) is 13.6. The monoisotopic (exact) mass is 414 g/mol. The van der Waals surface area contributed by atoms with Crippen molar-refractivity contribution in [2.45, 2.75) is 43.7 Å². The smallest absolute Gasteiger partial charge is 0.296 e. The number of hydrogen-bond donors (Lipinski definition) is 1. The van der Waals surface area contributed by atoms with Crippen LogP contribution in [0.3, 0.4) is 0 Å². The molecule has 0 bridgehead atoms. The number of sulfonamides is 1. The van der Waals surface area contributed by atoms with Gasteiger partial charge in [-0.25, -0.2) is 17.9 Å². The van der Waals surface area contributed by atoms with Crippen molar-refractivity contribution in [2.24, 2.45) is 7.05 Å².